The second-order valence-corrected chi connectivity index (χ2v) is 4.21. The highest BCUT2D eigenvalue weighted by molar-refractivity contribution is 5.57. The van der Waals surface area contributed by atoms with Crippen LogP contribution in [-0.4, -0.2) is 26.7 Å². The van der Waals surface area contributed by atoms with Crippen LogP contribution in [0.1, 0.15) is 5.69 Å². The minimum absolute atomic E-state index is 0.479. The Morgan fingerprint density at radius 1 is 1.25 bits per heavy atom. The summed E-state index contributed by atoms with van der Waals surface area (Å²) in [6, 6.07) is 6.98. The minimum Gasteiger partial charge on any atom is -0.497 e. The molecule has 0 spiro atoms. The fraction of sp³-hybridized carbons (Fsp3) is 0.154. The van der Waals surface area contributed by atoms with E-state index in [0.717, 1.165) is 5.69 Å². The molecule has 102 valence electrons. The quantitative estimate of drug-likeness (QED) is 0.731. The molecule has 0 aliphatic heterocycles. The summed E-state index contributed by atoms with van der Waals surface area (Å²) in [6.07, 6.45) is 1.42. The van der Waals surface area contributed by atoms with Gasteiger partial charge in [0.15, 0.2) is 5.75 Å². The van der Waals surface area contributed by atoms with Crippen LogP contribution in [0.4, 0.5) is 5.69 Å². The Bertz CT molecular complexity index is 769. The topological polar surface area (TPSA) is 87.6 Å². The number of nitrogen functional groups attached to an aromatic ring is 1. The van der Waals surface area contributed by atoms with Crippen LogP contribution in [-0.2, 0) is 0 Å². The van der Waals surface area contributed by atoms with E-state index < -0.39 is 0 Å². The first-order valence-electron chi connectivity index (χ1n) is 5.96. The molecule has 2 N–H and O–H groups in total. The highest BCUT2D eigenvalue weighted by Gasteiger charge is 2.10. The lowest BCUT2D eigenvalue weighted by Crippen LogP contribution is -2.01. The number of ether oxygens (including phenoxy) is 2. The molecule has 0 unspecified atom stereocenters. The SMILES string of the molecule is COc1ccc(Oc2cc(C)nc3ncnn23)c(N)c1. The highest BCUT2D eigenvalue weighted by atomic mass is 16.5. The van der Waals surface area contributed by atoms with Crippen molar-refractivity contribution in [2.45, 2.75) is 6.92 Å². The lowest BCUT2D eigenvalue weighted by atomic mass is 10.3. The summed E-state index contributed by atoms with van der Waals surface area (Å²) in [4.78, 5) is 8.29. The molecule has 0 amide bonds. The van der Waals surface area contributed by atoms with Crippen LogP contribution in [0.25, 0.3) is 5.78 Å². The molecule has 3 aromatic rings. The van der Waals surface area contributed by atoms with E-state index >= 15 is 0 Å². The van der Waals surface area contributed by atoms with Crippen LogP contribution >= 0.6 is 0 Å². The second-order valence-electron chi connectivity index (χ2n) is 4.21. The maximum absolute atomic E-state index is 5.94. The minimum atomic E-state index is 0.479. The molecule has 1 aromatic carbocycles. The van der Waals surface area contributed by atoms with Crippen molar-refractivity contribution in [3.8, 4) is 17.4 Å². The van der Waals surface area contributed by atoms with Gasteiger partial charge in [-0.3, -0.25) is 0 Å². The molecule has 2 heterocycles. The largest absolute Gasteiger partial charge is 0.497 e. The Labute approximate surface area is 115 Å². The maximum atomic E-state index is 5.94. The van der Waals surface area contributed by atoms with Gasteiger partial charge in [-0.25, -0.2) is 4.98 Å². The standard InChI is InChI=1S/C13H13N5O2/c1-8-5-12(18-13(17-8)15-7-16-18)20-11-4-3-9(19-2)6-10(11)14/h3-7H,14H2,1-2H3. The highest BCUT2D eigenvalue weighted by Crippen LogP contribution is 2.30. The van der Waals surface area contributed by atoms with Gasteiger partial charge in [-0.2, -0.15) is 14.6 Å². The van der Waals surface area contributed by atoms with Crippen molar-refractivity contribution >= 4 is 11.5 Å². The number of aryl methyl sites for hydroxylation is 1. The summed E-state index contributed by atoms with van der Waals surface area (Å²) >= 11 is 0. The fourth-order valence-corrected chi connectivity index (χ4v) is 1.83. The van der Waals surface area contributed by atoms with Crippen molar-refractivity contribution < 1.29 is 9.47 Å². The molecule has 2 aromatic heterocycles. The first kappa shape index (κ1) is 12.2. The Hall–Kier alpha value is -2.83. The molecule has 7 nitrogen and oxygen atoms in total. The molecule has 0 radical (unpaired) electrons. The van der Waals surface area contributed by atoms with Gasteiger partial charge >= 0.3 is 0 Å². The smallest absolute Gasteiger partial charge is 0.255 e. The van der Waals surface area contributed by atoms with Crippen LogP contribution in [0, 0.1) is 6.92 Å². The molecule has 0 fully saturated rings. The lowest BCUT2D eigenvalue weighted by molar-refractivity contribution is 0.412. The third-order valence-electron chi connectivity index (χ3n) is 2.78. The Balaban J connectivity index is 2.03. The third kappa shape index (κ3) is 2.09. The zero-order valence-electron chi connectivity index (χ0n) is 11.1. The van der Waals surface area contributed by atoms with Gasteiger partial charge in [-0.1, -0.05) is 0 Å². The van der Waals surface area contributed by atoms with Gasteiger partial charge in [0, 0.05) is 17.8 Å². The number of fused-ring (bicyclic) bond motifs is 1. The van der Waals surface area contributed by atoms with Crippen molar-refractivity contribution in [3.05, 3.63) is 36.3 Å². The molecule has 0 bridgehead atoms. The number of aromatic nitrogens is 4. The van der Waals surface area contributed by atoms with E-state index in [9.17, 15) is 0 Å². The Kier molecular flexibility index (Phi) is 2.86. The molecule has 20 heavy (non-hydrogen) atoms. The van der Waals surface area contributed by atoms with Gasteiger partial charge in [0.2, 0.25) is 5.88 Å². The number of rotatable bonds is 3. The zero-order valence-corrected chi connectivity index (χ0v) is 11.1. The molecule has 0 aliphatic rings. The van der Waals surface area contributed by atoms with Crippen LogP contribution in [0.15, 0.2) is 30.6 Å². The molecule has 0 saturated carbocycles. The van der Waals surface area contributed by atoms with Crippen LogP contribution < -0.4 is 15.2 Å². The van der Waals surface area contributed by atoms with Crippen molar-refractivity contribution in [2.24, 2.45) is 0 Å². The number of nitrogens with zero attached hydrogens (tertiary/aromatic N) is 4. The molecule has 7 heteroatoms. The third-order valence-corrected chi connectivity index (χ3v) is 2.78. The van der Waals surface area contributed by atoms with Crippen molar-refractivity contribution in [3.63, 3.8) is 0 Å². The number of methoxy groups -OCH3 is 1. The predicted molar refractivity (Wildman–Crippen MR) is 73.0 cm³/mol. The van der Waals surface area contributed by atoms with E-state index in [1.807, 2.05) is 6.92 Å². The molecule has 0 aliphatic carbocycles. The first-order valence-corrected chi connectivity index (χ1v) is 5.96. The molecular weight excluding hydrogens is 258 g/mol. The van der Waals surface area contributed by atoms with E-state index in [4.69, 9.17) is 15.2 Å². The number of benzene rings is 1. The summed E-state index contributed by atoms with van der Waals surface area (Å²) in [6.45, 7) is 1.86. The van der Waals surface area contributed by atoms with Crippen molar-refractivity contribution in [1.29, 1.82) is 0 Å². The zero-order chi connectivity index (χ0) is 14.1. The van der Waals surface area contributed by atoms with E-state index in [2.05, 4.69) is 15.1 Å². The normalized spacial score (nSPS) is 10.7. The molecular formula is C13H13N5O2. The van der Waals surface area contributed by atoms with Gasteiger partial charge in [-0.05, 0) is 19.1 Å². The Morgan fingerprint density at radius 2 is 2.10 bits per heavy atom. The maximum Gasteiger partial charge on any atom is 0.255 e. The summed E-state index contributed by atoms with van der Waals surface area (Å²) < 4.78 is 12.4. The van der Waals surface area contributed by atoms with Gasteiger partial charge in [-0.15, -0.1) is 0 Å². The van der Waals surface area contributed by atoms with Gasteiger partial charge in [0.25, 0.3) is 5.78 Å². The number of hydrogen-bond donors (Lipinski definition) is 1. The predicted octanol–water partition coefficient (Wildman–Crippen LogP) is 1.82. The van der Waals surface area contributed by atoms with E-state index in [-0.39, 0.29) is 0 Å². The van der Waals surface area contributed by atoms with E-state index in [1.54, 1.807) is 31.4 Å². The number of nitrogens with two attached hydrogens (primary N) is 1. The summed E-state index contributed by atoms with van der Waals surface area (Å²) in [7, 11) is 1.58. The van der Waals surface area contributed by atoms with Crippen LogP contribution in [0.2, 0.25) is 0 Å². The van der Waals surface area contributed by atoms with Crippen LogP contribution in [0.5, 0.6) is 17.4 Å². The van der Waals surface area contributed by atoms with Crippen LogP contribution in [0.3, 0.4) is 0 Å². The summed E-state index contributed by atoms with van der Waals surface area (Å²) in [5, 5.41) is 4.07. The molecule has 0 saturated heterocycles. The van der Waals surface area contributed by atoms with Crippen molar-refractivity contribution in [2.75, 3.05) is 12.8 Å². The van der Waals surface area contributed by atoms with Gasteiger partial charge in [0.05, 0.1) is 12.8 Å². The average molecular weight is 271 g/mol. The molecule has 0 atom stereocenters. The fourth-order valence-electron chi connectivity index (χ4n) is 1.83. The van der Waals surface area contributed by atoms with Gasteiger partial charge in [0.1, 0.15) is 12.1 Å². The summed E-state index contributed by atoms with van der Waals surface area (Å²) in [5.41, 5.74) is 7.20. The van der Waals surface area contributed by atoms with E-state index in [0.29, 0.717) is 28.8 Å². The Morgan fingerprint density at radius 3 is 2.85 bits per heavy atom. The van der Waals surface area contributed by atoms with Crippen molar-refractivity contribution in [1.82, 2.24) is 19.6 Å². The van der Waals surface area contributed by atoms with Gasteiger partial charge < -0.3 is 15.2 Å². The first-order chi connectivity index (χ1) is 9.67. The second kappa shape index (κ2) is 4.69. The monoisotopic (exact) mass is 271 g/mol. The molecule has 3 rings (SSSR count). The number of anilines is 1. The lowest BCUT2D eigenvalue weighted by Gasteiger charge is -2.10. The summed E-state index contributed by atoms with van der Waals surface area (Å²) in [5.74, 6) is 2.17. The van der Waals surface area contributed by atoms with E-state index in [1.165, 1.54) is 10.8 Å². The number of hydrogen-bond acceptors (Lipinski definition) is 6. The average Bonchev–Trinajstić information content (AvgIpc) is 2.89.